The van der Waals surface area contributed by atoms with Crippen LogP contribution in [0.25, 0.3) is 0 Å². The Morgan fingerprint density at radius 3 is 2.40 bits per heavy atom. The Morgan fingerprint density at radius 1 is 1.06 bits per heavy atom. The van der Waals surface area contributed by atoms with E-state index in [0.29, 0.717) is 23.6 Å². The average molecular weight is 479 g/mol. The Kier molecular flexibility index (Phi) is 7.60. The number of urea groups is 1. The van der Waals surface area contributed by atoms with Crippen molar-refractivity contribution in [3.8, 4) is 5.75 Å². The van der Waals surface area contributed by atoms with Crippen molar-refractivity contribution in [2.75, 3.05) is 51.3 Å². The minimum absolute atomic E-state index is 0.257. The first-order chi connectivity index (χ1) is 16.9. The molecular formula is C27H34N4O4. The fourth-order valence-electron chi connectivity index (χ4n) is 4.77. The SMILES string of the molecule is CCOC(=O)C1=C(CN2CCN(c3ccc(C)cc3C)CC2)NC(=O)N[C@H]1c1ccc(OC)cc1. The molecule has 0 radical (unpaired) electrons. The largest absolute Gasteiger partial charge is 0.497 e. The minimum Gasteiger partial charge on any atom is -0.497 e. The van der Waals surface area contributed by atoms with Crippen molar-refractivity contribution < 1.29 is 19.1 Å². The Balaban J connectivity index is 1.55. The van der Waals surface area contributed by atoms with Crippen LogP contribution in [0.15, 0.2) is 53.7 Å². The number of hydrogen-bond donors (Lipinski definition) is 2. The van der Waals surface area contributed by atoms with Crippen LogP contribution in [-0.2, 0) is 9.53 Å². The smallest absolute Gasteiger partial charge is 0.338 e. The molecule has 0 unspecified atom stereocenters. The van der Waals surface area contributed by atoms with Gasteiger partial charge in [-0.3, -0.25) is 4.90 Å². The second kappa shape index (κ2) is 10.8. The number of carbonyl (C=O) groups is 2. The highest BCUT2D eigenvalue weighted by molar-refractivity contribution is 5.95. The number of esters is 1. The number of methoxy groups -OCH3 is 1. The lowest BCUT2D eigenvalue weighted by Gasteiger charge is -2.38. The van der Waals surface area contributed by atoms with Crippen molar-refractivity contribution in [3.05, 3.63) is 70.4 Å². The van der Waals surface area contributed by atoms with Crippen LogP contribution in [0.5, 0.6) is 5.75 Å². The molecule has 8 heteroatoms. The number of anilines is 1. The van der Waals surface area contributed by atoms with E-state index >= 15 is 0 Å². The first kappa shape index (κ1) is 24.6. The fraction of sp³-hybridized carbons (Fsp3) is 0.407. The summed E-state index contributed by atoms with van der Waals surface area (Å²) < 4.78 is 10.6. The van der Waals surface area contributed by atoms with E-state index in [0.717, 1.165) is 31.7 Å². The van der Waals surface area contributed by atoms with Crippen LogP contribution in [0.1, 0.15) is 29.7 Å². The highest BCUT2D eigenvalue weighted by Crippen LogP contribution is 2.30. The zero-order valence-electron chi connectivity index (χ0n) is 20.9. The molecule has 1 saturated heterocycles. The summed E-state index contributed by atoms with van der Waals surface area (Å²) in [6.07, 6.45) is 0. The maximum absolute atomic E-state index is 13.0. The molecule has 0 aromatic heterocycles. The van der Waals surface area contributed by atoms with Gasteiger partial charge in [-0.2, -0.15) is 0 Å². The molecule has 186 valence electrons. The van der Waals surface area contributed by atoms with Crippen LogP contribution in [-0.4, -0.2) is 63.3 Å². The van der Waals surface area contributed by atoms with Gasteiger partial charge in [0.2, 0.25) is 0 Å². The number of piperazine rings is 1. The van der Waals surface area contributed by atoms with Crippen LogP contribution >= 0.6 is 0 Å². The topological polar surface area (TPSA) is 83.1 Å². The van der Waals surface area contributed by atoms with Crippen molar-refractivity contribution in [1.82, 2.24) is 15.5 Å². The average Bonchev–Trinajstić information content (AvgIpc) is 2.84. The van der Waals surface area contributed by atoms with Crippen molar-refractivity contribution in [2.24, 2.45) is 0 Å². The van der Waals surface area contributed by atoms with Gasteiger partial charge in [0, 0.05) is 44.1 Å². The summed E-state index contributed by atoms with van der Waals surface area (Å²) in [5.74, 6) is 0.280. The van der Waals surface area contributed by atoms with E-state index in [9.17, 15) is 9.59 Å². The van der Waals surface area contributed by atoms with Crippen molar-refractivity contribution >= 4 is 17.7 Å². The number of benzene rings is 2. The zero-order valence-corrected chi connectivity index (χ0v) is 20.9. The Morgan fingerprint density at radius 2 is 1.77 bits per heavy atom. The predicted octanol–water partition coefficient (Wildman–Crippen LogP) is 3.31. The lowest BCUT2D eigenvalue weighted by molar-refractivity contribution is -0.139. The molecular weight excluding hydrogens is 444 g/mol. The number of nitrogens with one attached hydrogen (secondary N) is 2. The number of carbonyl (C=O) groups excluding carboxylic acids is 2. The van der Waals surface area contributed by atoms with E-state index in [4.69, 9.17) is 9.47 Å². The van der Waals surface area contributed by atoms with Crippen LogP contribution in [0.3, 0.4) is 0 Å². The zero-order chi connectivity index (χ0) is 24.9. The Labute approximate surface area is 206 Å². The number of hydrogen-bond acceptors (Lipinski definition) is 6. The van der Waals surface area contributed by atoms with Gasteiger partial charge in [0.1, 0.15) is 5.75 Å². The molecule has 2 aromatic carbocycles. The maximum atomic E-state index is 13.0. The van der Waals surface area contributed by atoms with Gasteiger partial charge in [0.25, 0.3) is 0 Å². The van der Waals surface area contributed by atoms with Crippen LogP contribution < -0.4 is 20.3 Å². The first-order valence-corrected chi connectivity index (χ1v) is 12.1. The molecule has 2 aromatic rings. The van der Waals surface area contributed by atoms with Gasteiger partial charge >= 0.3 is 12.0 Å². The third-order valence-electron chi connectivity index (χ3n) is 6.55. The van der Waals surface area contributed by atoms with Gasteiger partial charge in [-0.15, -0.1) is 0 Å². The van der Waals surface area contributed by atoms with Gasteiger partial charge in [0.05, 0.1) is 25.3 Å². The number of nitrogens with zero attached hydrogens (tertiary/aromatic N) is 2. The Hall–Kier alpha value is -3.52. The third-order valence-corrected chi connectivity index (χ3v) is 6.55. The highest BCUT2D eigenvalue weighted by atomic mass is 16.5. The maximum Gasteiger partial charge on any atom is 0.338 e. The summed E-state index contributed by atoms with van der Waals surface area (Å²) in [4.78, 5) is 30.3. The number of ether oxygens (including phenoxy) is 2. The normalized spacial score (nSPS) is 18.7. The summed E-state index contributed by atoms with van der Waals surface area (Å²) in [6, 6.07) is 13.0. The number of amides is 2. The van der Waals surface area contributed by atoms with Gasteiger partial charge in [-0.25, -0.2) is 9.59 Å². The monoisotopic (exact) mass is 478 g/mol. The van der Waals surface area contributed by atoms with Crippen LogP contribution in [0, 0.1) is 13.8 Å². The summed E-state index contributed by atoms with van der Waals surface area (Å²) in [5.41, 5.74) is 5.62. The predicted molar refractivity (Wildman–Crippen MR) is 136 cm³/mol. The number of rotatable bonds is 7. The molecule has 2 heterocycles. The first-order valence-electron chi connectivity index (χ1n) is 12.1. The van der Waals surface area contributed by atoms with Crippen molar-refractivity contribution in [3.63, 3.8) is 0 Å². The minimum atomic E-state index is -0.597. The molecule has 2 aliphatic heterocycles. The molecule has 1 atom stereocenters. The molecule has 2 amide bonds. The van der Waals surface area contributed by atoms with E-state index < -0.39 is 12.0 Å². The van der Waals surface area contributed by atoms with Crippen molar-refractivity contribution in [2.45, 2.75) is 26.8 Å². The van der Waals surface area contributed by atoms with E-state index in [2.05, 4.69) is 52.5 Å². The molecule has 2 N–H and O–H groups in total. The summed E-state index contributed by atoms with van der Waals surface area (Å²) in [7, 11) is 1.60. The molecule has 0 aliphatic carbocycles. The molecule has 2 aliphatic rings. The number of aryl methyl sites for hydroxylation is 2. The second-order valence-corrected chi connectivity index (χ2v) is 8.97. The van der Waals surface area contributed by atoms with E-state index in [1.807, 2.05) is 24.3 Å². The lowest BCUT2D eigenvalue weighted by Crippen LogP contribution is -2.52. The highest BCUT2D eigenvalue weighted by Gasteiger charge is 2.34. The molecule has 0 spiro atoms. The molecule has 4 rings (SSSR count). The summed E-state index contributed by atoms with van der Waals surface area (Å²) >= 11 is 0. The van der Waals surface area contributed by atoms with Gasteiger partial charge < -0.3 is 25.0 Å². The molecule has 0 saturated carbocycles. The molecule has 35 heavy (non-hydrogen) atoms. The molecule has 1 fully saturated rings. The standard InChI is InChI=1S/C27H34N4O4/c1-5-35-26(32)24-22(28-27(33)29-25(24)20-7-9-21(34-4)10-8-20)17-30-12-14-31(15-13-30)23-11-6-18(2)16-19(23)3/h6-11,16,25H,5,12-15,17H2,1-4H3,(H2,28,29,33)/t25-/m0/s1. The van der Waals surface area contributed by atoms with E-state index in [1.54, 1.807) is 14.0 Å². The summed E-state index contributed by atoms with van der Waals surface area (Å²) in [5, 5.41) is 5.77. The summed E-state index contributed by atoms with van der Waals surface area (Å²) in [6.45, 7) is 10.2. The second-order valence-electron chi connectivity index (χ2n) is 8.97. The van der Waals surface area contributed by atoms with Crippen LogP contribution in [0.2, 0.25) is 0 Å². The quantitative estimate of drug-likeness (QED) is 0.594. The fourth-order valence-corrected chi connectivity index (χ4v) is 4.77. The third kappa shape index (κ3) is 5.59. The van der Waals surface area contributed by atoms with Crippen LogP contribution in [0.4, 0.5) is 10.5 Å². The molecule has 0 bridgehead atoms. The van der Waals surface area contributed by atoms with E-state index in [1.165, 1.54) is 16.8 Å². The van der Waals surface area contributed by atoms with Crippen molar-refractivity contribution in [1.29, 1.82) is 0 Å². The molecule has 8 nitrogen and oxygen atoms in total. The van der Waals surface area contributed by atoms with Gasteiger partial charge in [0.15, 0.2) is 0 Å². The Bertz CT molecular complexity index is 1100. The van der Waals surface area contributed by atoms with E-state index in [-0.39, 0.29) is 12.6 Å². The van der Waals surface area contributed by atoms with Gasteiger partial charge in [-0.1, -0.05) is 29.8 Å². The van der Waals surface area contributed by atoms with Gasteiger partial charge in [-0.05, 0) is 50.1 Å². The lowest BCUT2D eigenvalue weighted by atomic mass is 9.94.